The first-order valence-electron chi connectivity index (χ1n) is 5.09. The molecule has 0 fully saturated rings. The van der Waals surface area contributed by atoms with Gasteiger partial charge in [-0.3, -0.25) is 0 Å². The summed E-state index contributed by atoms with van der Waals surface area (Å²) in [7, 11) is 0. The molecular formula is C11H18F3N. The maximum atomic E-state index is 13.1. The molecule has 0 spiro atoms. The van der Waals surface area contributed by atoms with E-state index in [1.807, 2.05) is 6.08 Å². The molecule has 0 saturated heterocycles. The minimum absolute atomic E-state index is 0.0597. The predicted molar refractivity (Wildman–Crippen MR) is 54.3 cm³/mol. The zero-order chi connectivity index (χ0) is 11.9. The molecule has 0 aromatic carbocycles. The van der Waals surface area contributed by atoms with Crippen molar-refractivity contribution in [2.75, 3.05) is 6.54 Å². The summed E-state index contributed by atoms with van der Waals surface area (Å²) in [6, 6.07) is 0. The van der Waals surface area contributed by atoms with E-state index in [1.54, 1.807) is 13.8 Å². The fourth-order valence-corrected chi connectivity index (χ4v) is 2.22. The molecule has 0 aliphatic heterocycles. The van der Waals surface area contributed by atoms with Gasteiger partial charge in [-0.1, -0.05) is 25.5 Å². The molecule has 4 heteroatoms. The van der Waals surface area contributed by atoms with Gasteiger partial charge < -0.3 is 5.73 Å². The number of nitrogens with two attached hydrogens (primary N) is 1. The molecule has 1 nitrogen and oxygen atoms in total. The lowest BCUT2D eigenvalue weighted by Gasteiger charge is -2.49. The van der Waals surface area contributed by atoms with E-state index in [1.165, 1.54) is 6.92 Å². The van der Waals surface area contributed by atoms with Crippen LogP contribution in [0.2, 0.25) is 0 Å². The molecule has 0 aromatic rings. The van der Waals surface area contributed by atoms with Crippen molar-refractivity contribution in [3.63, 3.8) is 0 Å². The zero-order valence-corrected chi connectivity index (χ0v) is 9.41. The topological polar surface area (TPSA) is 26.0 Å². The van der Waals surface area contributed by atoms with Crippen LogP contribution < -0.4 is 5.73 Å². The van der Waals surface area contributed by atoms with Gasteiger partial charge in [0.2, 0.25) is 0 Å². The van der Waals surface area contributed by atoms with Crippen molar-refractivity contribution in [2.45, 2.75) is 39.8 Å². The third-order valence-electron chi connectivity index (χ3n) is 3.94. The summed E-state index contributed by atoms with van der Waals surface area (Å²) in [5.74, 6) is 0. The number of alkyl halides is 3. The van der Waals surface area contributed by atoms with E-state index in [0.29, 0.717) is 6.42 Å². The van der Waals surface area contributed by atoms with Crippen molar-refractivity contribution in [1.29, 1.82) is 0 Å². The van der Waals surface area contributed by atoms with Crippen LogP contribution in [0.3, 0.4) is 0 Å². The molecule has 0 heterocycles. The Hall–Kier alpha value is -0.510. The first kappa shape index (κ1) is 12.6. The van der Waals surface area contributed by atoms with Gasteiger partial charge in [0.1, 0.15) is 0 Å². The Labute approximate surface area is 88.5 Å². The Bertz CT molecular complexity index is 282. The number of hydrogen-bond donors (Lipinski definition) is 1. The highest BCUT2D eigenvalue weighted by Crippen LogP contribution is 2.57. The van der Waals surface area contributed by atoms with E-state index in [4.69, 9.17) is 5.73 Å². The van der Waals surface area contributed by atoms with Crippen molar-refractivity contribution < 1.29 is 13.2 Å². The molecule has 0 amide bonds. The van der Waals surface area contributed by atoms with E-state index >= 15 is 0 Å². The SMILES string of the molecule is CC1=CCC(C)(CN)C(C)(C(F)(F)F)C1. The monoisotopic (exact) mass is 221 g/mol. The van der Waals surface area contributed by atoms with Gasteiger partial charge in [-0.2, -0.15) is 13.2 Å². The Morgan fingerprint density at radius 2 is 1.93 bits per heavy atom. The lowest BCUT2D eigenvalue weighted by Crippen LogP contribution is -2.53. The van der Waals surface area contributed by atoms with Crippen molar-refractivity contribution in [3.05, 3.63) is 11.6 Å². The van der Waals surface area contributed by atoms with Gasteiger partial charge in [0.25, 0.3) is 0 Å². The summed E-state index contributed by atoms with van der Waals surface area (Å²) in [6.45, 7) is 4.73. The van der Waals surface area contributed by atoms with Crippen LogP contribution in [0, 0.1) is 10.8 Å². The number of rotatable bonds is 1. The summed E-state index contributed by atoms with van der Waals surface area (Å²) in [4.78, 5) is 0. The van der Waals surface area contributed by atoms with E-state index in [0.717, 1.165) is 5.57 Å². The summed E-state index contributed by atoms with van der Waals surface area (Å²) < 4.78 is 39.3. The predicted octanol–water partition coefficient (Wildman–Crippen LogP) is 3.26. The summed E-state index contributed by atoms with van der Waals surface area (Å²) >= 11 is 0. The van der Waals surface area contributed by atoms with Crippen molar-refractivity contribution in [3.8, 4) is 0 Å². The van der Waals surface area contributed by atoms with Crippen LogP contribution in [0.25, 0.3) is 0 Å². The van der Waals surface area contributed by atoms with Crippen LogP contribution in [0.15, 0.2) is 11.6 Å². The summed E-state index contributed by atoms with van der Waals surface area (Å²) in [5, 5.41) is 0. The second-order valence-corrected chi connectivity index (χ2v) is 5.03. The maximum absolute atomic E-state index is 13.1. The standard InChI is InChI=1S/C11H18F3N/c1-8-4-5-9(2,7-15)10(3,6-8)11(12,13)14/h4H,5-7,15H2,1-3H3. The second kappa shape index (κ2) is 3.51. The van der Waals surface area contributed by atoms with Gasteiger partial charge in [-0.25, -0.2) is 0 Å². The fraction of sp³-hybridized carbons (Fsp3) is 0.818. The highest BCUT2D eigenvalue weighted by Gasteiger charge is 2.61. The normalized spacial score (nSPS) is 37.7. The van der Waals surface area contributed by atoms with E-state index < -0.39 is 17.0 Å². The molecule has 2 unspecified atom stereocenters. The van der Waals surface area contributed by atoms with Gasteiger partial charge in [0, 0.05) is 0 Å². The second-order valence-electron chi connectivity index (χ2n) is 5.03. The Morgan fingerprint density at radius 1 is 1.40 bits per heavy atom. The van der Waals surface area contributed by atoms with Gasteiger partial charge in [0.15, 0.2) is 0 Å². The third-order valence-corrected chi connectivity index (χ3v) is 3.94. The maximum Gasteiger partial charge on any atom is 0.395 e. The average molecular weight is 221 g/mol. The molecule has 0 bridgehead atoms. The van der Waals surface area contributed by atoms with E-state index in [9.17, 15) is 13.2 Å². The molecule has 88 valence electrons. The first-order chi connectivity index (χ1) is 6.66. The van der Waals surface area contributed by atoms with Gasteiger partial charge in [-0.15, -0.1) is 0 Å². The Kier molecular flexibility index (Phi) is 2.94. The van der Waals surface area contributed by atoms with Crippen molar-refractivity contribution >= 4 is 0 Å². The largest absolute Gasteiger partial charge is 0.395 e. The third kappa shape index (κ3) is 1.80. The fourth-order valence-electron chi connectivity index (χ4n) is 2.22. The molecule has 0 aromatic heterocycles. The number of halogens is 3. The average Bonchev–Trinajstić information content (AvgIpc) is 2.10. The Morgan fingerprint density at radius 3 is 2.33 bits per heavy atom. The van der Waals surface area contributed by atoms with Gasteiger partial charge in [0.05, 0.1) is 5.41 Å². The van der Waals surface area contributed by atoms with Crippen LogP contribution in [0.5, 0.6) is 0 Å². The molecule has 0 saturated carbocycles. The molecule has 1 aliphatic rings. The molecule has 15 heavy (non-hydrogen) atoms. The molecule has 1 aliphatic carbocycles. The van der Waals surface area contributed by atoms with Crippen molar-refractivity contribution in [2.24, 2.45) is 16.6 Å². The van der Waals surface area contributed by atoms with Crippen LogP contribution in [-0.2, 0) is 0 Å². The zero-order valence-electron chi connectivity index (χ0n) is 9.41. The van der Waals surface area contributed by atoms with E-state index in [2.05, 4.69) is 0 Å². The summed E-state index contributed by atoms with van der Waals surface area (Å²) in [6.07, 6.45) is -1.85. The van der Waals surface area contributed by atoms with Crippen LogP contribution in [0.4, 0.5) is 13.2 Å². The lowest BCUT2D eigenvalue weighted by atomic mass is 9.58. The highest BCUT2D eigenvalue weighted by molar-refractivity contribution is 5.16. The molecular weight excluding hydrogens is 203 g/mol. The quantitative estimate of drug-likeness (QED) is 0.676. The minimum Gasteiger partial charge on any atom is -0.330 e. The smallest absolute Gasteiger partial charge is 0.330 e. The summed E-state index contributed by atoms with van der Waals surface area (Å²) in [5.41, 5.74) is 3.75. The lowest BCUT2D eigenvalue weighted by molar-refractivity contribution is -0.256. The first-order valence-corrected chi connectivity index (χ1v) is 5.09. The highest BCUT2D eigenvalue weighted by atomic mass is 19.4. The van der Waals surface area contributed by atoms with Crippen molar-refractivity contribution in [1.82, 2.24) is 0 Å². The molecule has 2 N–H and O–H groups in total. The van der Waals surface area contributed by atoms with Gasteiger partial charge >= 0.3 is 6.18 Å². The van der Waals surface area contributed by atoms with Crippen LogP contribution in [-0.4, -0.2) is 12.7 Å². The van der Waals surface area contributed by atoms with Crippen LogP contribution >= 0.6 is 0 Å². The molecule has 2 atom stereocenters. The van der Waals surface area contributed by atoms with Gasteiger partial charge in [-0.05, 0) is 31.7 Å². The number of allylic oxidation sites excluding steroid dienone is 2. The van der Waals surface area contributed by atoms with E-state index in [-0.39, 0.29) is 13.0 Å². The number of hydrogen-bond acceptors (Lipinski definition) is 1. The molecule has 0 radical (unpaired) electrons. The minimum atomic E-state index is -4.20. The van der Waals surface area contributed by atoms with Crippen LogP contribution in [0.1, 0.15) is 33.6 Å². The molecule has 1 rings (SSSR count). The Balaban J connectivity index is 3.19.